The molecule has 9 nitrogen and oxygen atoms in total. The van der Waals surface area contributed by atoms with Crippen molar-refractivity contribution in [2.75, 3.05) is 50.2 Å². The molecule has 0 aliphatic carbocycles. The molecule has 0 atom stereocenters. The maximum atomic E-state index is 12.6. The van der Waals surface area contributed by atoms with Crippen LogP contribution < -0.4 is 15.1 Å². The van der Waals surface area contributed by atoms with Crippen molar-refractivity contribution in [2.45, 2.75) is 6.54 Å². The molecule has 1 fully saturated rings. The summed E-state index contributed by atoms with van der Waals surface area (Å²) in [5.74, 6) is 1.54. The topological polar surface area (TPSA) is 87.9 Å². The second kappa shape index (κ2) is 7.81. The van der Waals surface area contributed by atoms with Crippen molar-refractivity contribution in [3.63, 3.8) is 0 Å². The molecule has 1 N–H and O–H groups in total. The fraction of sp³-hybridized carbons (Fsp3) is 0.368. The quantitative estimate of drug-likeness (QED) is 0.704. The highest BCUT2D eigenvalue weighted by Crippen LogP contribution is 2.15. The molecule has 1 aliphatic heterocycles. The number of amides is 1. The van der Waals surface area contributed by atoms with E-state index in [1.54, 1.807) is 0 Å². The lowest BCUT2D eigenvalue weighted by Crippen LogP contribution is -2.38. The number of pyridine rings is 1. The normalized spacial score (nSPS) is 14.3. The van der Waals surface area contributed by atoms with Crippen LogP contribution >= 0.6 is 0 Å². The smallest absolute Gasteiger partial charge is 0.253 e. The Balaban J connectivity index is 1.51. The zero-order valence-electron chi connectivity index (χ0n) is 16.0. The summed E-state index contributed by atoms with van der Waals surface area (Å²) in [4.78, 5) is 30.0. The predicted octanol–water partition coefficient (Wildman–Crippen LogP) is 0.957. The lowest BCUT2D eigenvalue weighted by molar-refractivity contribution is 0.0950. The van der Waals surface area contributed by atoms with E-state index in [4.69, 9.17) is 4.74 Å². The first-order valence-corrected chi connectivity index (χ1v) is 9.20. The van der Waals surface area contributed by atoms with Crippen molar-refractivity contribution < 1.29 is 9.53 Å². The van der Waals surface area contributed by atoms with Crippen LogP contribution in [0.5, 0.6) is 0 Å². The van der Waals surface area contributed by atoms with Crippen LogP contribution in [0.15, 0.2) is 36.7 Å². The zero-order chi connectivity index (χ0) is 19.5. The largest absolute Gasteiger partial charge is 0.378 e. The second-order valence-electron chi connectivity index (χ2n) is 6.79. The minimum Gasteiger partial charge on any atom is -0.378 e. The molecule has 3 aromatic rings. The number of nitrogens with zero attached hydrogens (tertiary/aromatic N) is 6. The first-order chi connectivity index (χ1) is 13.6. The van der Waals surface area contributed by atoms with Gasteiger partial charge in [-0.15, -0.1) is 0 Å². The molecule has 1 amide bonds. The number of hydrogen-bond acceptors (Lipinski definition) is 7. The molecule has 0 bridgehead atoms. The highest BCUT2D eigenvalue weighted by Gasteiger charge is 2.18. The summed E-state index contributed by atoms with van der Waals surface area (Å²) in [6.07, 6.45) is 3.72. The molecule has 0 spiro atoms. The van der Waals surface area contributed by atoms with Gasteiger partial charge in [0.2, 0.25) is 11.9 Å². The molecule has 1 aliphatic rings. The Morgan fingerprint density at radius 3 is 2.79 bits per heavy atom. The van der Waals surface area contributed by atoms with E-state index in [2.05, 4.69) is 25.2 Å². The number of aromatic nitrogens is 4. The van der Waals surface area contributed by atoms with E-state index in [0.29, 0.717) is 36.5 Å². The molecule has 0 radical (unpaired) electrons. The minimum atomic E-state index is -0.163. The Hall–Kier alpha value is -3.20. The monoisotopic (exact) mass is 381 g/mol. The maximum absolute atomic E-state index is 12.6. The van der Waals surface area contributed by atoms with E-state index in [1.807, 2.05) is 60.1 Å². The summed E-state index contributed by atoms with van der Waals surface area (Å²) in [6, 6.07) is 7.68. The van der Waals surface area contributed by atoms with Crippen LogP contribution in [0, 0.1) is 0 Å². The third-order valence-electron chi connectivity index (χ3n) is 4.53. The molecule has 4 rings (SSSR count). The van der Waals surface area contributed by atoms with E-state index < -0.39 is 0 Å². The van der Waals surface area contributed by atoms with Gasteiger partial charge in [-0.25, -0.2) is 0 Å². The highest BCUT2D eigenvalue weighted by atomic mass is 16.5. The summed E-state index contributed by atoms with van der Waals surface area (Å²) in [5.41, 5.74) is 1.57. The molecule has 9 heteroatoms. The molecule has 1 saturated heterocycles. The summed E-state index contributed by atoms with van der Waals surface area (Å²) < 4.78 is 7.31. The Morgan fingerprint density at radius 2 is 2.04 bits per heavy atom. The van der Waals surface area contributed by atoms with Crippen LogP contribution in [0.2, 0.25) is 0 Å². The maximum Gasteiger partial charge on any atom is 0.253 e. The summed E-state index contributed by atoms with van der Waals surface area (Å²) in [7, 11) is 3.76. The second-order valence-corrected chi connectivity index (χ2v) is 6.79. The molecule has 4 heterocycles. The van der Waals surface area contributed by atoms with Gasteiger partial charge in [-0.3, -0.25) is 4.79 Å². The fourth-order valence-electron chi connectivity index (χ4n) is 3.02. The van der Waals surface area contributed by atoms with Crippen molar-refractivity contribution in [1.82, 2.24) is 24.7 Å². The minimum absolute atomic E-state index is 0.163. The Morgan fingerprint density at radius 1 is 1.21 bits per heavy atom. The number of ether oxygens (including phenoxy) is 1. The molecule has 0 saturated carbocycles. The van der Waals surface area contributed by atoms with Crippen molar-refractivity contribution in [2.24, 2.45) is 0 Å². The van der Waals surface area contributed by atoms with Crippen LogP contribution in [0.25, 0.3) is 5.52 Å². The van der Waals surface area contributed by atoms with Crippen molar-refractivity contribution in [3.05, 3.63) is 48.0 Å². The number of rotatable bonds is 5. The molecule has 0 unspecified atom stereocenters. The number of hydrogen-bond donors (Lipinski definition) is 1. The van der Waals surface area contributed by atoms with E-state index in [-0.39, 0.29) is 12.5 Å². The van der Waals surface area contributed by atoms with Crippen molar-refractivity contribution in [1.29, 1.82) is 0 Å². The lowest BCUT2D eigenvalue weighted by atomic mass is 10.3. The highest BCUT2D eigenvalue weighted by molar-refractivity contribution is 5.95. The van der Waals surface area contributed by atoms with Gasteiger partial charge in [0.25, 0.3) is 5.91 Å². The van der Waals surface area contributed by atoms with Gasteiger partial charge in [-0.1, -0.05) is 6.07 Å². The first-order valence-electron chi connectivity index (χ1n) is 9.20. The molecule has 3 aromatic heterocycles. The molecular weight excluding hydrogens is 358 g/mol. The summed E-state index contributed by atoms with van der Waals surface area (Å²) in [6.45, 7) is 3.00. The van der Waals surface area contributed by atoms with Gasteiger partial charge in [0.15, 0.2) is 5.82 Å². The molecular formula is C19H23N7O2. The number of carbonyl (C=O) groups excluding carboxylic acids is 1. The number of nitrogens with one attached hydrogen (secondary N) is 1. The Kier molecular flexibility index (Phi) is 5.07. The fourth-order valence-corrected chi connectivity index (χ4v) is 3.02. The van der Waals surface area contributed by atoms with Crippen LogP contribution in [-0.2, 0) is 11.3 Å². The van der Waals surface area contributed by atoms with Gasteiger partial charge in [-0.05, 0) is 18.2 Å². The average Bonchev–Trinajstić information content (AvgIpc) is 3.17. The molecule has 28 heavy (non-hydrogen) atoms. The van der Waals surface area contributed by atoms with Crippen LogP contribution in [0.3, 0.4) is 0 Å². The van der Waals surface area contributed by atoms with Crippen molar-refractivity contribution >= 4 is 23.3 Å². The molecule has 0 aromatic carbocycles. The van der Waals surface area contributed by atoms with Crippen LogP contribution in [0.1, 0.15) is 16.2 Å². The van der Waals surface area contributed by atoms with E-state index in [9.17, 15) is 4.79 Å². The van der Waals surface area contributed by atoms with Crippen LogP contribution in [0.4, 0.5) is 11.9 Å². The Labute approximate surface area is 163 Å². The molecule has 146 valence electrons. The standard InChI is InChI=1S/C19H23N7O2/c1-24(2)18-21-16(22-19(23-18)25-7-9-28-10-8-25)12-20-17(27)14-11-15-5-3-4-6-26(15)13-14/h3-6,11,13H,7-10,12H2,1-2H3,(H,20,27). The Bertz CT molecular complexity index is 946. The summed E-state index contributed by atoms with van der Waals surface area (Å²) >= 11 is 0. The average molecular weight is 381 g/mol. The van der Waals surface area contributed by atoms with Crippen LogP contribution in [-0.4, -0.2) is 65.7 Å². The lowest BCUT2D eigenvalue weighted by Gasteiger charge is -2.27. The third kappa shape index (κ3) is 3.89. The van der Waals surface area contributed by atoms with Gasteiger partial charge < -0.3 is 24.3 Å². The summed E-state index contributed by atoms with van der Waals surface area (Å²) in [5, 5.41) is 2.91. The number of fused-ring (bicyclic) bond motifs is 1. The predicted molar refractivity (Wildman–Crippen MR) is 106 cm³/mol. The van der Waals surface area contributed by atoms with E-state index in [1.165, 1.54) is 0 Å². The van der Waals surface area contributed by atoms with Gasteiger partial charge in [-0.2, -0.15) is 15.0 Å². The number of carbonyl (C=O) groups is 1. The van der Waals surface area contributed by atoms with Crippen molar-refractivity contribution in [3.8, 4) is 0 Å². The first kappa shape index (κ1) is 18.2. The van der Waals surface area contributed by atoms with E-state index >= 15 is 0 Å². The van der Waals surface area contributed by atoms with Gasteiger partial charge in [0.1, 0.15) is 0 Å². The zero-order valence-corrected chi connectivity index (χ0v) is 16.0. The van der Waals surface area contributed by atoms with Gasteiger partial charge in [0.05, 0.1) is 25.3 Å². The SMILES string of the molecule is CN(C)c1nc(CNC(=O)c2cc3ccccn3c2)nc(N2CCOCC2)n1. The third-order valence-corrected chi connectivity index (χ3v) is 4.53. The van der Waals surface area contributed by atoms with Gasteiger partial charge in [0, 0.05) is 45.1 Å². The number of anilines is 2. The van der Waals surface area contributed by atoms with Gasteiger partial charge >= 0.3 is 0 Å². The number of morpholine rings is 1. The van der Waals surface area contributed by atoms with E-state index in [0.717, 1.165) is 18.6 Å².